The van der Waals surface area contributed by atoms with Crippen LogP contribution in [0, 0.1) is 5.82 Å². The number of fused-ring (bicyclic) bond motifs is 1. The van der Waals surface area contributed by atoms with E-state index in [1.54, 1.807) is 0 Å². The highest BCUT2D eigenvalue weighted by atomic mass is 19.3. The molecular formula is C17H19F3N5O4+. The van der Waals surface area contributed by atoms with Gasteiger partial charge in [0.15, 0.2) is 0 Å². The van der Waals surface area contributed by atoms with E-state index in [0.29, 0.717) is 0 Å². The SMILES string of the molecule is C[C@H](O)N1C=Cc2c(cn(C)c2C(=O)Nc2ccc(F)c(C(F)F)c2)[N+](O)(O)N1. The van der Waals surface area contributed by atoms with E-state index < -0.39 is 34.9 Å². The van der Waals surface area contributed by atoms with Crippen molar-refractivity contribution < 1.29 is 33.5 Å². The summed E-state index contributed by atoms with van der Waals surface area (Å²) in [4.78, 5) is 10.9. The highest BCUT2D eigenvalue weighted by molar-refractivity contribution is 6.07. The van der Waals surface area contributed by atoms with Gasteiger partial charge < -0.3 is 15.0 Å². The van der Waals surface area contributed by atoms with Gasteiger partial charge in [0.05, 0.1) is 22.2 Å². The van der Waals surface area contributed by atoms with Crippen LogP contribution in [-0.2, 0) is 7.05 Å². The third-order valence-corrected chi connectivity index (χ3v) is 4.30. The predicted molar refractivity (Wildman–Crippen MR) is 95.8 cm³/mol. The number of benzene rings is 1. The fourth-order valence-corrected chi connectivity index (χ4v) is 2.91. The van der Waals surface area contributed by atoms with Crippen molar-refractivity contribution in [2.75, 3.05) is 5.32 Å². The van der Waals surface area contributed by atoms with Gasteiger partial charge in [-0.2, -0.15) is 10.4 Å². The van der Waals surface area contributed by atoms with Crippen molar-refractivity contribution in [2.45, 2.75) is 19.6 Å². The molecule has 0 saturated carbocycles. The number of nitrogens with one attached hydrogen (secondary N) is 2. The number of alkyl halides is 2. The number of halogens is 3. The van der Waals surface area contributed by atoms with Gasteiger partial charge in [-0.25, -0.2) is 18.2 Å². The maximum absolute atomic E-state index is 13.5. The molecule has 0 bridgehead atoms. The number of rotatable bonds is 4. The number of aliphatic hydroxyl groups excluding tert-OH is 1. The molecule has 1 amide bonds. The molecular weight excluding hydrogens is 395 g/mol. The summed E-state index contributed by atoms with van der Waals surface area (Å²) >= 11 is 0. The van der Waals surface area contributed by atoms with Gasteiger partial charge in [0, 0.05) is 24.5 Å². The smallest absolute Gasteiger partial charge is 0.273 e. The highest BCUT2D eigenvalue weighted by Crippen LogP contribution is 2.32. The second-order valence-corrected chi connectivity index (χ2v) is 6.43. The van der Waals surface area contributed by atoms with Gasteiger partial charge in [-0.05, 0) is 31.2 Å². The number of anilines is 1. The van der Waals surface area contributed by atoms with Gasteiger partial charge in [-0.1, -0.05) is 0 Å². The lowest BCUT2D eigenvalue weighted by Crippen LogP contribution is -2.61. The molecule has 5 N–H and O–H groups in total. The molecule has 0 unspecified atom stereocenters. The standard InChI is InChI=1S/C17H18F3N5O4/c1-9(26)24-6-5-11-14(25(28,29)22-24)8-23(2)15(11)17(27)21-10-3-4-13(18)12(7-10)16(19)20/h3-9,16,22,26,28-29H,1-2H3/p+1/t9-/m0/s1. The number of amides is 1. The third-order valence-electron chi connectivity index (χ3n) is 4.30. The fourth-order valence-electron chi connectivity index (χ4n) is 2.91. The van der Waals surface area contributed by atoms with Gasteiger partial charge in [0.2, 0.25) is 5.69 Å². The van der Waals surface area contributed by atoms with Crippen LogP contribution in [0.4, 0.5) is 24.5 Å². The summed E-state index contributed by atoms with van der Waals surface area (Å²) < 4.78 is 40.5. The van der Waals surface area contributed by atoms with E-state index in [9.17, 15) is 33.5 Å². The van der Waals surface area contributed by atoms with Crippen LogP contribution >= 0.6 is 0 Å². The lowest BCUT2D eigenvalue weighted by atomic mass is 10.1. The van der Waals surface area contributed by atoms with Crippen LogP contribution in [-0.4, -0.2) is 37.2 Å². The fraction of sp³-hybridized carbons (Fsp3) is 0.235. The van der Waals surface area contributed by atoms with Crippen LogP contribution < -0.4 is 15.8 Å². The van der Waals surface area contributed by atoms with Gasteiger partial charge in [-0.3, -0.25) is 4.79 Å². The van der Waals surface area contributed by atoms with Crippen molar-refractivity contribution in [3.8, 4) is 0 Å². The predicted octanol–water partition coefficient (Wildman–Crippen LogP) is 2.48. The van der Waals surface area contributed by atoms with Gasteiger partial charge >= 0.3 is 0 Å². The molecule has 1 aliphatic rings. The van der Waals surface area contributed by atoms with E-state index in [4.69, 9.17) is 0 Å². The van der Waals surface area contributed by atoms with E-state index in [2.05, 4.69) is 10.9 Å². The Kier molecular flexibility index (Phi) is 5.38. The molecule has 0 saturated heterocycles. The number of hydrazine groups is 1. The first-order valence-corrected chi connectivity index (χ1v) is 8.37. The number of quaternary nitrogens is 1. The maximum Gasteiger partial charge on any atom is 0.273 e. The maximum atomic E-state index is 13.5. The summed E-state index contributed by atoms with van der Waals surface area (Å²) in [6, 6.07) is 2.77. The number of aliphatic hydroxyl groups is 1. The molecule has 1 aliphatic heterocycles. The first kappa shape index (κ1) is 20.8. The topological polar surface area (TPSA) is 110 Å². The largest absolute Gasteiger partial charge is 0.372 e. The lowest BCUT2D eigenvalue weighted by Gasteiger charge is -2.27. The normalized spacial score (nSPS) is 16.5. The Morgan fingerprint density at radius 1 is 1.31 bits per heavy atom. The van der Waals surface area contributed by atoms with Crippen LogP contribution in [0.2, 0.25) is 0 Å². The molecule has 3 rings (SSSR count). The van der Waals surface area contributed by atoms with Gasteiger partial charge in [0.1, 0.15) is 17.7 Å². The first-order chi connectivity index (χ1) is 13.5. The Morgan fingerprint density at radius 3 is 2.62 bits per heavy atom. The van der Waals surface area contributed by atoms with Crippen LogP contribution in [0.1, 0.15) is 35.0 Å². The zero-order chi connectivity index (χ0) is 21.5. The molecule has 0 spiro atoms. The van der Waals surface area contributed by atoms with Gasteiger partial charge in [0.25, 0.3) is 12.3 Å². The monoisotopic (exact) mass is 414 g/mol. The number of aryl methyl sites for hydroxylation is 1. The molecule has 0 aliphatic carbocycles. The van der Waals surface area contributed by atoms with Crippen molar-refractivity contribution in [3.05, 3.63) is 53.2 Å². The number of carbonyl (C=O) groups is 1. The molecule has 12 heteroatoms. The molecule has 0 radical (unpaired) electrons. The summed E-state index contributed by atoms with van der Waals surface area (Å²) in [5.41, 5.74) is 1.26. The Bertz CT molecular complexity index is 974. The average molecular weight is 414 g/mol. The summed E-state index contributed by atoms with van der Waals surface area (Å²) in [7, 11) is 1.47. The molecule has 2 aromatic rings. The number of carbonyl (C=O) groups excluding carboxylic acids is 1. The Labute approximate surface area is 162 Å². The lowest BCUT2D eigenvalue weighted by molar-refractivity contribution is -0.355. The van der Waals surface area contributed by atoms with Crippen molar-refractivity contribution >= 4 is 23.4 Å². The number of hydrogen-bond donors (Lipinski definition) is 5. The average Bonchev–Trinajstić information content (AvgIpc) is 2.90. The summed E-state index contributed by atoms with van der Waals surface area (Å²) in [6.45, 7) is 1.37. The minimum absolute atomic E-state index is 0.0287. The Morgan fingerprint density at radius 2 is 2.00 bits per heavy atom. The van der Waals surface area contributed by atoms with E-state index in [1.807, 2.05) is 0 Å². The first-order valence-electron chi connectivity index (χ1n) is 8.37. The van der Waals surface area contributed by atoms with E-state index in [1.165, 1.54) is 37.0 Å². The zero-order valence-electron chi connectivity index (χ0n) is 15.3. The van der Waals surface area contributed by atoms with Crippen LogP contribution in [0.15, 0.2) is 30.6 Å². The number of hydrogen-bond acceptors (Lipinski definition) is 6. The number of aromatic nitrogens is 1. The van der Waals surface area contributed by atoms with Crippen LogP contribution in [0.25, 0.3) is 6.08 Å². The second-order valence-electron chi connectivity index (χ2n) is 6.43. The minimum atomic E-state index is -3.06. The minimum Gasteiger partial charge on any atom is -0.372 e. The van der Waals surface area contributed by atoms with E-state index in [0.717, 1.165) is 23.2 Å². The van der Waals surface area contributed by atoms with E-state index >= 15 is 0 Å². The van der Waals surface area contributed by atoms with Crippen LogP contribution in [0.5, 0.6) is 0 Å². The summed E-state index contributed by atoms with van der Waals surface area (Å²) in [5.74, 6) is -1.85. The quantitative estimate of drug-likeness (QED) is 0.492. The molecule has 9 nitrogen and oxygen atoms in total. The third kappa shape index (κ3) is 3.97. The molecule has 1 aromatic heterocycles. The summed E-state index contributed by atoms with van der Waals surface area (Å²) in [6.07, 6.45) is -0.265. The molecule has 2 heterocycles. The molecule has 1 aromatic carbocycles. The number of nitrogens with zero attached hydrogens (tertiary/aromatic N) is 3. The molecule has 29 heavy (non-hydrogen) atoms. The molecule has 1 atom stereocenters. The Balaban J connectivity index is 1.99. The Hall–Kier alpha value is -2.90. The molecule has 156 valence electrons. The molecule has 0 fully saturated rings. The van der Waals surface area contributed by atoms with Crippen molar-refractivity contribution in [1.29, 1.82) is 0 Å². The second kappa shape index (κ2) is 7.50. The van der Waals surface area contributed by atoms with Crippen molar-refractivity contribution in [3.63, 3.8) is 0 Å². The highest BCUT2D eigenvalue weighted by Gasteiger charge is 2.39. The van der Waals surface area contributed by atoms with Gasteiger partial charge in [-0.15, -0.1) is 0 Å². The zero-order valence-corrected chi connectivity index (χ0v) is 15.3. The van der Waals surface area contributed by atoms with E-state index in [-0.39, 0.29) is 22.6 Å². The van der Waals surface area contributed by atoms with Crippen molar-refractivity contribution in [2.24, 2.45) is 7.05 Å². The van der Waals surface area contributed by atoms with Crippen molar-refractivity contribution in [1.82, 2.24) is 20.0 Å². The summed E-state index contributed by atoms with van der Waals surface area (Å²) in [5, 5.41) is 33.6. The van der Waals surface area contributed by atoms with Crippen LogP contribution in [0.3, 0.4) is 0 Å².